The van der Waals surface area contributed by atoms with E-state index in [1.54, 1.807) is 54.6 Å². The molecule has 0 spiro atoms. The molecule has 2 amide bonds. The minimum atomic E-state index is -0.914. The van der Waals surface area contributed by atoms with Gasteiger partial charge in [-0.1, -0.05) is 41.1 Å². The van der Waals surface area contributed by atoms with Crippen molar-refractivity contribution in [3.8, 4) is 11.5 Å². The Bertz CT molecular complexity index is 1230. The number of anilines is 1. The van der Waals surface area contributed by atoms with Gasteiger partial charge in [-0.05, 0) is 66.1 Å². The Hall–Kier alpha value is -3.98. The lowest BCUT2D eigenvalue weighted by molar-refractivity contribution is -0.136. The number of amides is 2. The molecule has 174 valence electrons. The third kappa shape index (κ3) is 6.76. The Labute approximate surface area is 205 Å². The first kappa shape index (κ1) is 24.7. The zero-order chi connectivity index (χ0) is 24.5. The molecule has 0 fully saturated rings. The van der Waals surface area contributed by atoms with E-state index in [4.69, 9.17) is 9.47 Å². The second-order valence-electron chi connectivity index (χ2n) is 7.01. The average Bonchev–Trinajstić information content (AvgIpc) is 2.85. The number of carbonyl (C=O) groups is 3. The van der Waals surface area contributed by atoms with Crippen molar-refractivity contribution in [2.24, 2.45) is 5.10 Å². The number of nitrogens with zero attached hydrogens (tertiary/aromatic N) is 1. The van der Waals surface area contributed by atoms with Crippen molar-refractivity contribution in [3.05, 3.63) is 87.9 Å². The molecule has 3 aromatic carbocycles. The zero-order valence-corrected chi connectivity index (χ0v) is 20.1. The summed E-state index contributed by atoms with van der Waals surface area (Å²) in [6.07, 6.45) is 2.21. The van der Waals surface area contributed by atoms with Crippen molar-refractivity contribution < 1.29 is 23.9 Å². The van der Waals surface area contributed by atoms with Crippen LogP contribution in [0.5, 0.6) is 11.5 Å². The molecule has 9 heteroatoms. The predicted octanol–water partition coefficient (Wildman–Crippen LogP) is 4.33. The number of halogens is 1. The fourth-order valence-electron chi connectivity index (χ4n) is 2.85. The monoisotopic (exact) mass is 523 g/mol. The van der Waals surface area contributed by atoms with Gasteiger partial charge in [-0.25, -0.2) is 10.2 Å². The van der Waals surface area contributed by atoms with Gasteiger partial charge in [-0.2, -0.15) is 5.10 Å². The number of hydrogen-bond donors (Lipinski definition) is 2. The maximum absolute atomic E-state index is 12.4. The number of nitrogens with one attached hydrogen (secondary N) is 2. The zero-order valence-electron chi connectivity index (χ0n) is 18.5. The molecule has 0 aliphatic heterocycles. The first-order chi connectivity index (χ1) is 16.4. The summed E-state index contributed by atoms with van der Waals surface area (Å²) in [5.74, 6) is -1.77. The van der Waals surface area contributed by atoms with Gasteiger partial charge in [0.2, 0.25) is 0 Å². The van der Waals surface area contributed by atoms with Gasteiger partial charge in [0.15, 0.2) is 11.5 Å². The Morgan fingerprint density at radius 2 is 1.74 bits per heavy atom. The summed E-state index contributed by atoms with van der Waals surface area (Å²) in [5, 5.41) is 6.31. The molecule has 0 saturated heterocycles. The SMILES string of the molecule is CCc1ccc(NC(=O)C(=O)NN=Cc2ccc(OC(=O)c3cccc(Br)c3)c(OC)c2)cc1. The number of hydrazone groups is 1. The molecular formula is C25H22BrN3O5. The number of hydrogen-bond acceptors (Lipinski definition) is 6. The molecule has 2 N–H and O–H groups in total. The van der Waals surface area contributed by atoms with Crippen LogP contribution in [0.2, 0.25) is 0 Å². The van der Waals surface area contributed by atoms with Gasteiger partial charge >= 0.3 is 17.8 Å². The molecule has 0 aliphatic carbocycles. The van der Waals surface area contributed by atoms with E-state index >= 15 is 0 Å². The molecule has 34 heavy (non-hydrogen) atoms. The van der Waals surface area contributed by atoms with Gasteiger partial charge in [-0.15, -0.1) is 0 Å². The molecule has 3 rings (SSSR count). The minimum absolute atomic E-state index is 0.224. The summed E-state index contributed by atoms with van der Waals surface area (Å²) in [5.41, 5.74) is 4.74. The summed E-state index contributed by atoms with van der Waals surface area (Å²) in [7, 11) is 1.44. The quantitative estimate of drug-likeness (QED) is 0.157. The lowest BCUT2D eigenvalue weighted by Gasteiger charge is -2.10. The Morgan fingerprint density at radius 1 is 0.971 bits per heavy atom. The van der Waals surface area contributed by atoms with Crippen LogP contribution in [0.1, 0.15) is 28.4 Å². The second-order valence-corrected chi connectivity index (χ2v) is 7.93. The molecule has 8 nitrogen and oxygen atoms in total. The molecule has 0 heterocycles. The van der Waals surface area contributed by atoms with E-state index in [2.05, 4.69) is 31.8 Å². The third-order valence-electron chi connectivity index (χ3n) is 4.66. The summed E-state index contributed by atoms with van der Waals surface area (Å²) < 4.78 is 11.5. The Kier molecular flexibility index (Phi) is 8.53. The van der Waals surface area contributed by atoms with Gasteiger partial charge in [-0.3, -0.25) is 9.59 Å². The fourth-order valence-corrected chi connectivity index (χ4v) is 3.25. The number of ether oxygens (including phenoxy) is 2. The summed E-state index contributed by atoms with van der Waals surface area (Å²) >= 11 is 3.32. The van der Waals surface area contributed by atoms with Crippen molar-refractivity contribution >= 4 is 45.6 Å². The van der Waals surface area contributed by atoms with Gasteiger partial charge in [0, 0.05) is 10.2 Å². The topological polar surface area (TPSA) is 106 Å². The Morgan fingerprint density at radius 3 is 2.41 bits per heavy atom. The number of rotatable bonds is 7. The van der Waals surface area contributed by atoms with Crippen LogP contribution in [-0.2, 0) is 16.0 Å². The molecule has 0 aromatic heterocycles. The second kappa shape index (κ2) is 11.8. The molecule has 0 saturated carbocycles. The molecule has 0 aliphatic rings. The smallest absolute Gasteiger partial charge is 0.343 e. The highest BCUT2D eigenvalue weighted by molar-refractivity contribution is 9.10. The van der Waals surface area contributed by atoms with Crippen molar-refractivity contribution in [1.82, 2.24) is 5.43 Å². The molecule has 0 bridgehead atoms. The van der Waals surface area contributed by atoms with E-state index in [0.717, 1.165) is 16.5 Å². The van der Waals surface area contributed by atoms with Crippen molar-refractivity contribution in [2.45, 2.75) is 13.3 Å². The maximum Gasteiger partial charge on any atom is 0.343 e. The molecule has 0 atom stereocenters. The number of carbonyl (C=O) groups excluding carboxylic acids is 3. The van der Waals surface area contributed by atoms with Crippen molar-refractivity contribution in [2.75, 3.05) is 12.4 Å². The van der Waals surface area contributed by atoms with Gasteiger partial charge < -0.3 is 14.8 Å². The predicted molar refractivity (Wildman–Crippen MR) is 132 cm³/mol. The first-order valence-corrected chi connectivity index (χ1v) is 11.1. The van der Waals surface area contributed by atoms with Crippen LogP contribution >= 0.6 is 15.9 Å². The lowest BCUT2D eigenvalue weighted by atomic mass is 10.1. The molecule has 0 radical (unpaired) electrons. The lowest BCUT2D eigenvalue weighted by Crippen LogP contribution is -2.32. The van der Waals surface area contributed by atoms with Gasteiger partial charge in [0.25, 0.3) is 0 Å². The van der Waals surface area contributed by atoms with Crippen LogP contribution in [0.3, 0.4) is 0 Å². The third-order valence-corrected chi connectivity index (χ3v) is 5.15. The van der Waals surface area contributed by atoms with Crippen LogP contribution < -0.4 is 20.2 Å². The van der Waals surface area contributed by atoms with E-state index in [1.807, 2.05) is 19.1 Å². The van der Waals surface area contributed by atoms with Crippen molar-refractivity contribution in [3.63, 3.8) is 0 Å². The number of aryl methyl sites for hydroxylation is 1. The van der Waals surface area contributed by atoms with E-state index in [1.165, 1.54) is 13.3 Å². The van der Waals surface area contributed by atoms with Gasteiger partial charge in [0.05, 0.1) is 18.9 Å². The van der Waals surface area contributed by atoms with E-state index in [9.17, 15) is 14.4 Å². The minimum Gasteiger partial charge on any atom is -0.493 e. The van der Waals surface area contributed by atoms with Crippen LogP contribution in [0.4, 0.5) is 5.69 Å². The first-order valence-electron chi connectivity index (χ1n) is 10.3. The normalized spacial score (nSPS) is 10.6. The standard InChI is InChI=1S/C25H22BrN3O5/c1-3-16-7-10-20(11-8-16)28-23(30)24(31)29-27-15-17-9-12-21(22(13-17)33-2)34-25(32)18-5-4-6-19(26)14-18/h4-15H,3H2,1-2H3,(H,28,30)(H,29,31). The summed E-state index contributed by atoms with van der Waals surface area (Å²) in [6.45, 7) is 2.03. The average molecular weight is 524 g/mol. The summed E-state index contributed by atoms with van der Waals surface area (Å²) in [6, 6.07) is 18.8. The van der Waals surface area contributed by atoms with Gasteiger partial charge in [0.1, 0.15) is 0 Å². The number of esters is 1. The molecule has 0 unspecified atom stereocenters. The fraction of sp³-hybridized carbons (Fsp3) is 0.120. The molecular weight excluding hydrogens is 502 g/mol. The number of methoxy groups -OCH3 is 1. The highest BCUT2D eigenvalue weighted by Gasteiger charge is 2.14. The van der Waals surface area contributed by atoms with E-state index in [0.29, 0.717) is 22.6 Å². The van der Waals surface area contributed by atoms with Crippen LogP contribution in [0.25, 0.3) is 0 Å². The van der Waals surface area contributed by atoms with E-state index < -0.39 is 17.8 Å². The maximum atomic E-state index is 12.4. The van der Waals surface area contributed by atoms with Crippen molar-refractivity contribution in [1.29, 1.82) is 0 Å². The van der Waals surface area contributed by atoms with Crippen LogP contribution in [-0.4, -0.2) is 31.1 Å². The highest BCUT2D eigenvalue weighted by Crippen LogP contribution is 2.28. The summed E-state index contributed by atoms with van der Waals surface area (Å²) in [4.78, 5) is 36.4. The van der Waals surface area contributed by atoms with Crippen LogP contribution in [0.15, 0.2) is 76.3 Å². The Balaban J connectivity index is 1.59. The van der Waals surface area contributed by atoms with E-state index in [-0.39, 0.29) is 5.75 Å². The highest BCUT2D eigenvalue weighted by atomic mass is 79.9. The largest absolute Gasteiger partial charge is 0.493 e. The van der Waals surface area contributed by atoms with Crippen LogP contribution in [0, 0.1) is 0 Å². The number of benzene rings is 3. The molecule has 3 aromatic rings.